The number of nitrogens with two attached hydrogens (primary N) is 1. The van der Waals surface area contributed by atoms with E-state index in [2.05, 4.69) is 44.4 Å². The molecule has 4 rings (SSSR count). The van der Waals surface area contributed by atoms with Crippen molar-refractivity contribution in [2.24, 2.45) is 5.73 Å². The molecule has 4 N–H and O–H groups in total. The summed E-state index contributed by atoms with van der Waals surface area (Å²) in [4.78, 5) is 20.2. The number of pyridine rings is 2. The van der Waals surface area contributed by atoms with E-state index >= 15 is 0 Å². The minimum atomic E-state index is -0.509. The first-order valence-electron chi connectivity index (χ1n) is 8.84. The molecular weight excluding hydrogens is 356 g/mol. The number of hydrogen-bond acceptors (Lipinski definition) is 6. The van der Waals surface area contributed by atoms with E-state index in [4.69, 9.17) is 5.73 Å². The van der Waals surface area contributed by atoms with Gasteiger partial charge in [-0.3, -0.25) is 19.6 Å². The van der Waals surface area contributed by atoms with E-state index in [1.807, 2.05) is 23.9 Å². The monoisotopic (exact) mass is 376 g/mol. The lowest BCUT2D eigenvalue weighted by atomic mass is 10.2. The standard InChI is InChI=1S/C19H20N8O/c1-10(2)27-16-5-14(21-7-13(16)8-24-27)17-15(9-23-26-17)25-19-11(3)4-12(6-22-19)18(20)28/h4-10H,1-3H3,(H2,20,28)(H,22,25)(H,23,26). The lowest BCUT2D eigenvalue weighted by Crippen LogP contribution is -2.12. The maximum Gasteiger partial charge on any atom is 0.250 e. The number of primary amides is 1. The van der Waals surface area contributed by atoms with Crippen molar-refractivity contribution in [3.05, 3.63) is 48.0 Å². The fourth-order valence-electron chi connectivity index (χ4n) is 3.03. The topological polar surface area (TPSA) is 127 Å². The summed E-state index contributed by atoms with van der Waals surface area (Å²) in [5, 5.41) is 15.8. The third kappa shape index (κ3) is 3.07. The molecule has 142 valence electrons. The van der Waals surface area contributed by atoms with Crippen LogP contribution >= 0.6 is 0 Å². The number of rotatable bonds is 5. The number of amides is 1. The number of aromatic amines is 1. The lowest BCUT2D eigenvalue weighted by molar-refractivity contribution is 0.1000. The van der Waals surface area contributed by atoms with E-state index in [1.165, 1.54) is 6.20 Å². The van der Waals surface area contributed by atoms with Gasteiger partial charge in [-0.25, -0.2) is 4.98 Å². The molecule has 9 nitrogen and oxygen atoms in total. The van der Waals surface area contributed by atoms with Crippen LogP contribution in [0, 0.1) is 6.92 Å². The van der Waals surface area contributed by atoms with Gasteiger partial charge in [0.15, 0.2) is 0 Å². The van der Waals surface area contributed by atoms with Crippen molar-refractivity contribution in [1.82, 2.24) is 29.9 Å². The second-order valence-electron chi connectivity index (χ2n) is 6.85. The Morgan fingerprint density at radius 2 is 2.00 bits per heavy atom. The summed E-state index contributed by atoms with van der Waals surface area (Å²) in [5.41, 5.74) is 9.67. The predicted molar refractivity (Wildman–Crippen MR) is 106 cm³/mol. The molecular formula is C19H20N8O. The summed E-state index contributed by atoms with van der Waals surface area (Å²) in [5.74, 6) is 0.103. The smallest absolute Gasteiger partial charge is 0.250 e. The van der Waals surface area contributed by atoms with Gasteiger partial charge >= 0.3 is 0 Å². The van der Waals surface area contributed by atoms with Gasteiger partial charge in [-0.1, -0.05) is 0 Å². The van der Waals surface area contributed by atoms with Crippen LogP contribution in [0.3, 0.4) is 0 Å². The van der Waals surface area contributed by atoms with Gasteiger partial charge in [0.1, 0.15) is 11.5 Å². The molecule has 0 saturated heterocycles. The van der Waals surface area contributed by atoms with Crippen molar-refractivity contribution >= 4 is 28.3 Å². The first-order valence-corrected chi connectivity index (χ1v) is 8.84. The van der Waals surface area contributed by atoms with Crippen molar-refractivity contribution in [2.45, 2.75) is 26.8 Å². The molecule has 4 aromatic rings. The third-order valence-corrected chi connectivity index (χ3v) is 4.48. The van der Waals surface area contributed by atoms with E-state index in [0.29, 0.717) is 11.4 Å². The Morgan fingerprint density at radius 1 is 1.18 bits per heavy atom. The molecule has 0 fully saturated rings. The average Bonchev–Trinajstić information content (AvgIpc) is 3.29. The van der Waals surface area contributed by atoms with Crippen LogP contribution in [0.5, 0.6) is 0 Å². The Balaban J connectivity index is 1.71. The Labute approximate surface area is 161 Å². The van der Waals surface area contributed by atoms with E-state index in [9.17, 15) is 4.79 Å². The van der Waals surface area contributed by atoms with Crippen molar-refractivity contribution < 1.29 is 4.79 Å². The maximum atomic E-state index is 11.3. The van der Waals surface area contributed by atoms with Crippen LogP contribution in [0.4, 0.5) is 11.5 Å². The molecule has 0 saturated carbocycles. The fourth-order valence-corrected chi connectivity index (χ4v) is 3.03. The molecule has 28 heavy (non-hydrogen) atoms. The predicted octanol–water partition coefficient (Wildman–Crippen LogP) is 2.95. The molecule has 4 heterocycles. The van der Waals surface area contributed by atoms with Crippen molar-refractivity contribution in [3.8, 4) is 11.4 Å². The first-order chi connectivity index (χ1) is 13.4. The molecule has 0 bridgehead atoms. The number of aryl methyl sites for hydroxylation is 1. The Bertz CT molecular complexity index is 1170. The summed E-state index contributed by atoms with van der Waals surface area (Å²) in [6.07, 6.45) is 6.73. The minimum absolute atomic E-state index is 0.239. The number of aromatic nitrogens is 6. The number of fused-ring (bicyclic) bond motifs is 1. The summed E-state index contributed by atoms with van der Waals surface area (Å²) in [6.45, 7) is 6.02. The molecule has 0 aliphatic rings. The Kier molecular flexibility index (Phi) is 4.26. The summed E-state index contributed by atoms with van der Waals surface area (Å²) >= 11 is 0. The molecule has 4 aromatic heterocycles. The van der Waals surface area contributed by atoms with Crippen LogP contribution in [0.1, 0.15) is 35.8 Å². The van der Waals surface area contributed by atoms with Gasteiger partial charge in [0, 0.05) is 23.8 Å². The molecule has 9 heteroatoms. The van der Waals surface area contributed by atoms with E-state index in [1.54, 1.807) is 18.5 Å². The molecule has 0 atom stereocenters. The summed E-state index contributed by atoms with van der Waals surface area (Å²) < 4.78 is 1.96. The number of anilines is 2. The minimum Gasteiger partial charge on any atom is -0.366 e. The SMILES string of the molecule is Cc1cc(C(N)=O)cnc1Nc1cn[nH]c1-c1cc2c(cn1)cnn2C(C)C. The summed E-state index contributed by atoms with van der Waals surface area (Å²) in [6, 6.07) is 3.92. The Hall–Kier alpha value is -3.75. The van der Waals surface area contributed by atoms with Gasteiger partial charge in [-0.2, -0.15) is 10.2 Å². The van der Waals surface area contributed by atoms with Gasteiger partial charge in [0.2, 0.25) is 5.91 Å². The van der Waals surface area contributed by atoms with Crippen LogP contribution in [-0.2, 0) is 0 Å². The highest BCUT2D eigenvalue weighted by atomic mass is 16.1. The fraction of sp³-hybridized carbons (Fsp3) is 0.211. The molecule has 0 aliphatic carbocycles. The number of hydrogen-bond donors (Lipinski definition) is 3. The third-order valence-electron chi connectivity index (χ3n) is 4.48. The molecule has 1 amide bonds. The van der Waals surface area contributed by atoms with Gasteiger partial charge < -0.3 is 11.1 Å². The number of carbonyl (C=O) groups is 1. The van der Waals surface area contributed by atoms with Crippen LogP contribution in [0.25, 0.3) is 22.3 Å². The number of nitrogens with one attached hydrogen (secondary N) is 2. The largest absolute Gasteiger partial charge is 0.366 e. The second-order valence-corrected chi connectivity index (χ2v) is 6.85. The average molecular weight is 376 g/mol. The molecule has 0 unspecified atom stereocenters. The zero-order chi connectivity index (χ0) is 19.8. The van der Waals surface area contributed by atoms with Gasteiger partial charge in [-0.05, 0) is 38.5 Å². The number of H-pyrrole nitrogens is 1. The van der Waals surface area contributed by atoms with Crippen molar-refractivity contribution in [3.63, 3.8) is 0 Å². The zero-order valence-corrected chi connectivity index (χ0v) is 15.8. The number of carbonyl (C=O) groups excluding carboxylic acids is 1. The molecule has 0 spiro atoms. The van der Waals surface area contributed by atoms with Crippen LogP contribution < -0.4 is 11.1 Å². The highest BCUT2D eigenvalue weighted by Gasteiger charge is 2.14. The van der Waals surface area contributed by atoms with Gasteiger partial charge in [0.05, 0.1) is 34.9 Å². The maximum absolute atomic E-state index is 11.3. The summed E-state index contributed by atoms with van der Waals surface area (Å²) in [7, 11) is 0. The molecule has 0 aliphatic heterocycles. The van der Waals surface area contributed by atoms with Crippen molar-refractivity contribution in [1.29, 1.82) is 0 Å². The zero-order valence-electron chi connectivity index (χ0n) is 15.8. The lowest BCUT2D eigenvalue weighted by Gasteiger charge is -2.10. The van der Waals surface area contributed by atoms with Crippen LogP contribution in [-0.4, -0.2) is 35.9 Å². The van der Waals surface area contributed by atoms with Gasteiger partial charge in [0.25, 0.3) is 0 Å². The van der Waals surface area contributed by atoms with Crippen LogP contribution in [0.2, 0.25) is 0 Å². The quantitative estimate of drug-likeness (QED) is 0.491. The van der Waals surface area contributed by atoms with Gasteiger partial charge in [-0.15, -0.1) is 0 Å². The first kappa shape index (κ1) is 17.7. The van der Waals surface area contributed by atoms with E-state index in [0.717, 1.165) is 33.5 Å². The highest BCUT2D eigenvalue weighted by Crippen LogP contribution is 2.29. The molecule has 0 aromatic carbocycles. The highest BCUT2D eigenvalue weighted by molar-refractivity contribution is 5.93. The van der Waals surface area contributed by atoms with Crippen LogP contribution in [0.15, 0.2) is 36.9 Å². The second kappa shape index (κ2) is 6.76. The molecule has 0 radical (unpaired) electrons. The Morgan fingerprint density at radius 3 is 2.71 bits per heavy atom. The van der Waals surface area contributed by atoms with Crippen molar-refractivity contribution in [2.75, 3.05) is 5.32 Å². The van der Waals surface area contributed by atoms with E-state index < -0.39 is 5.91 Å². The number of nitrogens with zero attached hydrogens (tertiary/aromatic N) is 5. The van der Waals surface area contributed by atoms with E-state index in [-0.39, 0.29) is 6.04 Å². The normalized spacial score (nSPS) is 11.3.